The number of allylic oxidation sites excluding steroid dienone is 1. The number of piperidine rings is 2. The van der Waals surface area contributed by atoms with E-state index in [1.165, 1.54) is 128 Å². The van der Waals surface area contributed by atoms with Crippen molar-refractivity contribution in [2.45, 2.75) is 204 Å². The van der Waals surface area contributed by atoms with E-state index in [4.69, 9.17) is 0 Å². The lowest BCUT2D eigenvalue weighted by molar-refractivity contribution is -0.685. The third-order valence-corrected chi connectivity index (χ3v) is 10.9. The van der Waals surface area contributed by atoms with Crippen LogP contribution in [-0.2, 0) is 19.4 Å². The quantitative estimate of drug-likeness (QED) is 0.0850. The molecule has 6 atom stereocenters. The number of aliphatic hydroxyl groups excluding tert-OH is 2. The number of aryl methyl sites for hydroxylation is 2. The van der Waals surface area contributed by atoms with Crippen LogP contribution in [0.1, 0.15) is 166 Å². The molecular formula is C39H68N3O2+. The molecule has 3 aliphatic rings. The van der Waals surface area contributed by atoms with Crippen LogP contribution in [0, 0.1) is 0 Å². The molecule has 5 nitrogen and oxygen atoms in total. The Labute approximate surface area is 270 Å². The zero-order valence-electron chi connectivity index (χ0n) is 28.6. The van der Waals surface area contributed by atoms with Gasteiger partial charge in [-0.3, -0.25) is 0 Å². The number of rotatable bonds is 21. The Balaban J connectivity index is 0.996. The highest BCUT2D eigenvalue weighted by molar-refractivity contribution is 5.48. The number of hydrogen-bond acceptors (Lipinski definition) is 4. The lowest BCUT2D eigenvalue weighted by Gasteiger charge is -2.32. The van der Waals surface area contributed by atoms with E-state index in [2.05, 4.69) is 53.5 Å². The van der Waals surface area contributed by atoms with Gasteiger partial charge in [-0.2, -0.15) is 4.57 Å². The summed E-state index contributed by atoms with van der Waals surface area (Å²) in [5, 5.41) is 27.0. The molecule has 0 aromatic carbocycles. The maximum Gasteiger partial charge on any atom is 0.208 e. The van der Waals surface area contributed by atoms with E-state index >= 15 is 0 Å². The average molecular weight is 611 g/mol. The first-order valence-corrected chi connectivity index (χ1v) is 19.1. The largest absolute Gasteiger partial charge is 0.392 e. The van der Waals surface area contributed by atoms with Gasteiger partial charge in [0.1, 0.15) is 0 Å². The van der Waals surface area contributed by atoms with Crippen molar-refractivity contribution < 1.29 is 14.8 Å². The van der Waals surface area contributed by atoms with Gasteiger partial charge in [-0.1, -0.05) is 83.5 Å². The highest BCUT2D eigenvalue weighted by Crippen LogP contribution is 2.22. The second-order valence-corrected chi connectivity index (χ2v) is 14.8. The first kappa shape index (κ1) is 35.6. The number of aliphatic hydroxyl groups is 2. The van der Waals surface area contributed by atoms with E-state index in [0.29, 0.717) is 12.1 Å². The zero-order chi connectivity index (χ0) is 31.0. The highest BCUT2D eigenvalue weighted by atomic mass is 16.3. The van der Waals surface area contributed by atoms with Crippen LogP contribution >= 0.6 is 0 Å². The Morgan fingerprint density at radius 2 is 1.11 bits per heavy atom. The summed E-state index contributed by atoms with van der Waals surface area (Å²) < 4.78 is 2.49. The molecule has 0 unspecified atom stereocenters. The zero-order valence-corrected chi connectivity index (χ0v) is 28.6. The van der Waals surface area contributed by atoms with Crippen molar-refractivity contribution in [2.75, 3.05) is 0 Å². The van der Waals surface area contributed by atoms with E-state index < -0.39 is 0 Å². The lowest BCUT2D eigenvalue weighted by Crippen LogP contribution is -2.48. The smallest absolute Gasteiger partial charge is 0.208 e. The highest BCUT2D eigenvalue weighted by Gasteiger charge is 2.25. The first-order chi connectivity index (χ1) is 21.5. The van der Waals surface area contributed by atoms with Gasteiger partial charge in [-0.15, -0.1) is 0 Å². The minimum atomic E-state index is -0.150. The molecule has 1 aromatic heterocycles. The molecule has 1 aromatic rings. The monoisotopic (exact) mass is 611 g/mol. The van der Waals surface area contributed by atoms with Crippen molar-refractivity contribution in [3.8, 4) is 0 Å². The van der Waals surface area contributed by atoms with Crippen molar-refractivity contribution in [1.29, 1.82) is 0 Å². The van der Waals surface area contributed by atoms with Crippen molar-refractivity contribution >= 4 is 6.08 Å². The molecular weight excluding hydrogens is 542 g/mol. The summed E-state index contributed by atoms with van der Waals surface area (Å²) in [5.74, 6) is 0. The molecule has 5 heteroatoms. The van der Waals surface area contributed by atoms with E-state index in [9.17, 15) is 10.2 Å². The van der Waals surface area contributed by atoms with Crippen molar-refractivity contribution in [3.63, 3.8) is 0 Å². The third kappa shape index (κ3) is 12.5. The number of unbranched alkanes of at least 4 members (excludes halogenated alkanes) is 13. The second kappa shape index (κ2) is 20.1. The summed E-state index contributed by atoms with van der Waals surface area (Å²) in [5.41, 5.74) is 4.57. The summed E-state index contributed by atoms with van der Waals surface area (Å²) in [6.45, 7) is 5.28. The topological polar surface area (TPSA) is 68.4 Å². The summed E-state index contributed by atoms with van der Waals surface area (Å²) in [6.07, 6.45) is 36.4. The molecule has 0 aliphatic carbocycles. The third-order valence-electron chi connectivity index (χ3n) is 10.9. The number of aromatic nitrogens is 1. The summed E-state index contributed by atoms with van der Waals surface area (Å²) in [7, 11) is 0. The molecule has 4 rings (SSSR count). The molecule has 44 heavy (non-hydrogen) atoms. The average Bonchev–Trinajstić information content (AvgIpc) is 3.49. The lowest BCUT2D eigenvalue weighted by atomic mass is 9.93. The first-order valence-electron chi connectivity index (χ1n) is 19.1. The minimum absolute atomic E-state index is 0.149. The Hall–Kier alpha value is -1.27. The fourth-order valence-corrected chi connectivity index (χ4v) is 7.96. The minimum Gasteiger partial charge on any atom is -0.392 e. The number of pyridine rings is 1. The van der Waals surface area contributed by atoms with Gasteiger partial charge in [0.25, 0.3) is 0 Å². The SMILES string of the molecule is C[C@@H]1N[C@H](CCCCCCCCCCc2cc(CCCCCCCCC[C@@H]3CC[C@H](O)[C@H](C)N3)c[n+]3c2C=CC3)CC[C@@H]1O. The molecule has 4 N–H and O–H groups in total. The molecule has 250 valence electrons. The maximum atomic E-state index is 9.88. The molecule has 0 saturated carbocycles. The Morgan fingerprint density at radius 3 is 1.64 bits per heavy atom. The molecule has 0 radical (unpaired) electrons. The predicted molar refractivity (Wildman–Crippen MR) is 185 cm³/mol. The van der Waals surface area contributed by atoms with E-state index in [1.54, 1.807) is 11.1 Å². The van der Waals surface area contributed by atoms with Gasteiger partial charge in [0.15, 0.2) is 12.7 Å². The molecule has 4 heterocycles. The van der Waals surface area contributed by atoms with E-state index in [1.807, 2.05) is 0 Å². The van der Waals surface area contributed by atoms with Crippen LogP contribution < -0.4 is 15.2 Å². The number of hydrogen-bond donors (Lipinski definition) is 4. The van der Waals surface area contributed by atoms with Gasteiger partial charge in [0, 0.05) is 41.4 Å². The van der Waals surface area contributed by atoms with Crippen LogP contribution in [0.25, 0.3) is 6.08 Å². The molecule has 3 aliphatic heterocycles. The van der Waals surface area contributed by atoms with Gasteiger partial charge in [0.2, 0.25) is 5.69 Å². The summed E-state index contributed by atoms with van der Waals surface area (Å²) >= 11 is 0. The molecule has 0 bridgehead atoms. The normalized spacial score (nSPS) is 26.7. The number of nitrogens with one attached hydrogen (secondary N) is 2. The predicted octanol–water partition coefficient (Wildman–Crippen LogP) is 7.72. The van der Waals surface area contributed by atoms with Crippen LogP contribution in [-0.4, -0.2) is 46.6 Å². The fraction of sp³-hybridized carbons (Fsp3) is 0.821. The van der Waals surface area contributed by atoms with Crippen LogP contribution in [0.3, 0.4) is 0 Å². The van der Waals surface area contributed by atoms with Crippen LogP contribution in [0.5, 0.6) is 0 Å². The fourth-order valence-electron chi connectivity index (χ4n) is 7.96. The summed E-state index contributed by atoms with van der Waals surface area (Å²) in [6, 6.07) is 4.30. The number of fused-ring (bicyclic) bond motifs is 1. The van der Waals surface area contributed by atoms with Gasteiger partial charge in [-0.25, -0.2) is 0 Å². The summed E-state index contributed by atoms with van der Waals surface area (Å²) in [4.78, 5) is 0. The van der Waals surface area contributed by atoms with Crippen LogP contribution in [0.15, 0.2) is 18.3 Å². The molecule has 0 spiro atoms. The van der Waals surface area contributed by atoms with Crippen molar-refractivity contribution in [3.05, 3.63) is 35.2 Å². The maximum absolute atomic E-state index is 9.88. The van der Waals surface area contributed by atoms with Gasteiger partial charge < -0.3 is 20.8 Å². The standard InChI is InChI=1S/C39H68N3O2/c1-31-38(43)26-24-35(40-31)21-16-12-8-4-3-7-11-15-20-34-29-33(30-42-28-18-23-37(34)42)19-14-10-6-5-9-13-17-22-36-25-27-39(44)32(2)41-36/h18,23,29-32,35-36,38-41,43-44H,3-17,19-22,24-28H2,1-2H3/q+1/t31-,32-,35+,36+,38-,39-/m0/s1. The van der Waals surface area contributed by atoms with Crippen molar-refractivity contribution in [1.82, 2.24) is 10.6 Å². The van der Waals surface area contributed by atoms with Crippen molar-refractivity contribution in [2.24, 2.45) is 0 Å². The van der Waals surface area contributed by atoms with Gasteiger partial charge in [-0.05, 0) is 90.2 Å². The number of nitrogens with zero attached hydrogens (tertiary/aromatic N) is 1. The van der Waals surface area contributed by atoms with Gasteiger partial charge in [0.05, 0.1) is 12.2 Å². The van der Waals surface area contributed by atoms with E-state index in [-0.39, 0.29) is 24.3 Å². The van der Waals surface area contributed by atoms with Crippen LogP contribution in [0.4, 0.5) is 0 Å². The Morgan fingerprint density at radius 1 is 0.636 bits per heavy atom. The molecule has 2 saturated heterocycles. The second-order valence-electron chi connectivity index (χ2n) is 14.8. The Bertz CT molecular complexity index is 965. The van der Waals surface area contributed by atoms with Crippen LogP contribution in [0.2, 0.25) is 0 Å². The Kier molecular flexibility index (Phi) is 16.2. The van der Waals surface area contributed by atoms with E-state index in [0.717, 1.165) is 32.2 Å². The molecule has 2 fully saturated rings. The molecule has 0 amide bonds. The van der Waals surface area contributed by atoms with Gasteiger partial charge >= 0.3 is 0 Å².